The number of likely N-dealkylation sites (tertiary alicyclic amines) is 1. The van der Waals surface area contributed by atoms with E-state index in [-0.39, 0.29) is 18.8 Å². The van der Waals surface area contributed by atoms with Gasteiger partial charge in [0.25, 0.3) is 5.91 Å². The number of hydrogen-bond acceptors (Lipinski definition) is 11. The lowest BCUT2D eigenvalue weighted by atomic mass is 10.0. The number of alkyl halides is 2. The van der Waals surface area contributed by atoms with Crippen molar-refractivity contribution < 1.29 is 45.9 Å². The maximum atomic E-state index is 14.3. The summed E-state index contributed by atoms with van der Waals surface area (Å²) in [6.07, 6.45) is -4.82. The molecule has 3 aliphatic rings. The molecule has 3 fully saturated rings. The highest BCUT2D eigenvalue weighted by molar-refractivity contribution is 7.91. The fourth-order valence-corrected chi connectivity index (χ4v) is 8.41. The Bertz CT molecular complexity index is 2000. The average Bonchev–Trinajstić information content (AvgIpc) is 3.95. The summed E-state index contributed by atoms with van der Waals surface area (Å²) in [6, 6.07) is 8.29. The minimum absolute atomic E-state index is 0.137. The van der Waals surface area contributed by atoms with Crippen molar-refractivity contribution in [3.05, 3.63) is 41.8 Å². The van der Waals surface area contributed by atoms with Gasteiger partial charge in [0.2, 0.25) is 34.1 Å². The van der Waals surface area contributed by atoms with Crippen LogP contribution < -0.4 is 20.1 Å². The van der Waals surface area contributed by atoms with E-state index in [1.807, 2.05) is 28.3 Å². The first kappa shape index (κ1) is 38.3. The topological polar surface area (TPSA) is 186 Å². The number of aromatic nitrogens is 2. The van der Waals surface area contributed by atoms with E-state index in [0.717, 1.165) is 4.88 Å². The highest BCUT2D eigenvalue weighted by atomic mass is 32.2. The Morgan fingerprint density at radius 1 is 1.04 bits per heavy atom. The summed E-state index contributed by atoms with van der Waals surface area (Å²) in [5.74, 6) is -4.92. The number of fused-ring (bicyclic) bond motifs is 1. The lowest BCUT2D eigenvalue weighted by molar-refractivity contribution is -0.142. The highest BCUT2D eigenvalue weighted by Gasteiger charge is 2.66. The van der Waals surface area contributed by atoms with Crippen molar-refractivity contribution in [2.45, 2.75) is 101 Å². The van der Waals surface area contributed by atoms with Crippen LogP contribution in [0.2, 0.25) is 0 Å². The van der Waals surface area contributed by atoms with Gasteiger partial charge in [-0.1, -0.05) is 32.0 Å². The molecule has 2 saturated carbocycles. The number of amides is 4. The Morgan fingerprint density at radius 3 is 2.28 bits per heavy atom. The number of sulfonamides is 1. The number of hydrogen-bond donors (Lipinski definition) is 3. The van der Waals surface area contributed by atoms with Gasteiger partial charge in [0, 0.05) is 6.42 Å². The number of rotatable bonds is 12. The summed E-state index contributed by atoms with van der Waals surface area (Å²) in [7, 11) is -4.13. The predicted molar refractivity (Wildman–Crippen MR) is 190 cm³/mol. The van der Waals surface area contributed by atoms with Crippen molar-refractivity contribution in [1.82, 2.24) is 30.2 Å². The number of halogens is 2. The molecule has 53 heavy (non-hydrogen) atoms. The van der Waals surface area contributed by atoms with Gasteiger partial charge in [0.15, 0.2) is 0 Å². The molecular formula is C35H42F2N6O8S2. The lowest BCUT2D eigenvalue weighted by Crippen LogP contribution is -2.59. The van der Waals surface area contributed by atoms with Gasteiger partial charge in [0.05, 0.1) is 33.6 Å². The molecule has 3 heterocycles. The normalized spacial score (nSPS) is 23.5. The summed E-state index contributed by atoms with van der Waals surface area (Å²) in [5, 5.41) is 6.05. The number of nitrogens with one attached hydrogen (secondary N) is 3. The molecule has 6 rings (SSSR count). The first-order valence-corrected chi connectivity index (χ1v) is 19.7. The van der Waals surface area contributed by atoms with Crippen molar-refractivity contribution in [1.29, 1.82) is 0 Å². The minimum atomic E-state index is -4.13. The molecule has 1 saturated heterocycles. The van der Waals surface area contributed by atoms with E-state index in [4.69, 9.17) is 19.4 Å². The molecule has 286 valence electrons. The molecule has 1 aliphatic heterocycles. The molecule has 18 heteroatoms. The van der Waals surface area contributed by atoms with Crippen molar-refractivity contribution in [2.24, 2.45) is 11.8 Å². The van der Waals surface area contributed by atoms with Gasteiger partial charge in [0.1, 0.15) is 35.0 Å². The van der Waals surface area contributed by atoms with Crippen LogP contribution in [0.5, 0.6) is 5.88 Å². The van der Waals surface area contributed by atoms with Crippen molar-refractivity contribution in [2.75, 3.05) is 6.54 Å². The second-order valence-electron chi connectivity index (χ2n) is 15.0. The van der Waals surface area contributed by atoms with E-state index >= 15 is 0 Å². The zero-order valence-corrected chi connectivity index (χ0v) is 31.4. The zero-order chi connectivity index (χ0) is 38.5. The van der Waals surface area contributed by atoms with Crippen LogP contribution in [0.3, 0.4) is 0 Å². The van der Waals surface area contributed by atoms with Gasteiger partial charge in [-0.05, 0) is 69.5 Å². The van der Waals surface area contributed by atoms with Crippen LogP contribution >= 0.6 is 11.3 Å². The molecule has 1 unspecified atom stereocenters. The van der Waals surface area contributed by atoms with E-state index in [2.05, 4.69) is 10.6 Å². The van der Waals surface area contributed by atoms with Gasteiger partial charge in [-0.3, -0.25) is 19.1 Å². The smallest absolute Gasteiger partial charge is 0.408 e. The van der Waals surface area contributed by atoms with Crippen molar-refractivity contribution >= 4 is 56.2 Å². The molecule has 0 bridgehead atoms. The number of alkyl carbamates (subject to hydrolysis) is 1. The molecule has 2 aromatic heterocycles. The third-order valence-corrected chi connectivity index (χ3v) is 12.0. The van der Waals surface area contributed by atoms with Gasteiger partial charge in [-0.15, -0.1) is 11.3 Å². The van der Waals surface area contributed by atoms with Gasteiger partial charge in [-0.2, -0.15) is 0 Å². The summed E-state index contributed by atoms with van der Waals surface area (Å²) in [5.41, 5.74) is -1.52. The van der Waals surface area contributed by atoms with Crippen LogP contribution in [0.4, 0.5) is 13.6 Å². The second kappa shape index (κ2) is 14.4. The number of para-hydroxylation sites is 2. The van der Waals surface area contributed by atoms with Crippen molar-refractivity contribution in [3.8, 4) is 16.5 Å². The van der Waals surface area contributed by atoms with Crippen LogP contribution in [-0.4, -0.2) is 94.6 Å². The number of nitrogens with zero attached hydrogens (tertiary/aromatic N) is 3. The quantitative estimate of drug-likeness (QED) is 0.243. The van der Waals surface area contributed by atoms with Crippen LogP contribution in [0.15, 0.2) is 41.8 Å². The zero-order valence-electron chi connectivity index (χ0n) is 29.8. The first-order valence-electron chi connectivity index (χ1n) is 17.3. The third kappa shape index (κ3) is 8.37. The fourth-order valence-electron chi connectivity index (χ4n) is 6.34. The van der Waals surface area contributed by atoms with Gasteiger partial charge in [-0.25, -0.2) is 32.0 Å². The average molecular weight is 777 g/mol. The number of benzene rings is 1. The molecule has 0 radical (unpaired) electrons. The molecule has 5 atom stereocenters. The Hall–Kier alpha value is -4.45. The van der Waals surface area contributed by atoms with E-state index in [1.54, 1.807) is 52.8 Å². The fraction of sp³-hybridized carbons (Fsp3) is 0.543. The first-order chi connectivity index (χ1) is 24.9. The second-order valence-corrected chi connectivity index (χ2v) is 17.9. The summed E-state index contributed by atoms with van der Waals surface area (Å²) in [6.45, 7) is 8.17. The van der Waals surface area contributed by atoms with Crippen LogP contribution in [-0.2, 0) is 29.1 Å². The Balaban J connectivity index is 1.31. The number of carbonyl (C=O) groups excluding carboxylic acids is 4. The van der Waals surface area contributed by atoms with Crippen LogP contribution in [0, 0.1) is 11.8 Å². The molecule has 3 N–H and O–H groups in total. The summed E-state index contributed by atoms with van der Waals surface area (Å²) >= 11 is 1.41. The predicted octanol–water partition coefficient (Wildman–Crippen LogP) is 4.00. The standard InChI is InChI=1S/C35H42F2N6O8S2/c1-18(2)26(40-33(47)51-34(3,4)5)31(45)43-17-19(50-30-27(25-11-8-14-52-25)38-22-9-6-7-10-23(22)39-30)15-24(43)29(44)41-35(16-21(35)28(36)37)32(46)42-53(48,49)20-12-13-20/h6-11,14,18-21,24,26,28H,12-13,15-17H2,1-5H3,(H,40,47)(H,41,44)(H,42,46)/t19-,21+,24?,26+,35-/m1/s1. The molecule has 0 spiro atoms. The summed E-state index contributed by atoms with van der Waals surface area (Å²) in [4.78, 5) is 66.0. The molecule has 1 aromatic carbocycles. The van der Waals surface area contributed by atoms with E-state index < -0.39 is 93.1 Å². The molecule has 4 amide bonds. The van der Waals surface area contributed by atoms with E-state index in [0.29, 0.717) is 29.6 Å². The maximum Gasteiger partial charge on any atom is 0.408 e. The van der Waals surface area contributed by atoms with Crippen molar-refractivity contribution in [3.63, 3.8) is 0 Å². The number of ether oxygens (including phenoxy) is 2. The maximum absolute atomic E-state index is 14.3. The highest BCUT2D eigenvalue weighted by Crippen LogP contribution is 2.48. The Labute approximate surface area is 309 Å². The van der Waals surface area contributed by atoms with Crippen LogP contribution in [0.25, 0.3) is 21.6 Å². The number of carbonyl (C=O) groups is 4. The minimum Gasteiger partial charge on any atom is -0.471 e. The molecule has 3 aromatic rings. The molecule has 14 nitrogen and oxygen atoms in total. The third-order valence-electron chi connectivity index (χ3n) is 9.29. The van der Waals surface area contributed by atoms with Gasteiger partial charge >= 0.3 is 6.09 Å². The molecule has 2 aliphatic carbocycles. The Morgan fingerprint density at radius 2 is 1.72 bits per heavy atom. The monoisotopic (exact) mass is 776 g/mol. The number of thiophene rings is 1. The summed E-state index contributed by atoms with van der Waals surface area (Å²) < 4.78 is 67.1. The lowest BCUT2D eigenvalue weighted by Gasteiger charge is -2.31. The SMILES string of the molecule is CC(C)[C@H](NC(=O)OC(C)(C)C)C(=O)N1C[C@H](Oc2nc3ccccc3nc2-c2cccs2)CC1C(=O)N[C@]1(C(=O)NS(=O)(=O)C2CC2)C[C@H]1C(F)F. The Kier molecular flexibility index (Phi) is 10.4. The largest absolute Gasteiger partial charge is 0.471 e. The van der Waals surface area contributed by atoms with E-state index in [9.17, 15) is 36.4 Å². The van der Waals surface area contributed by atoms with E-state index in [1.165, 1.54) is 16.2 Å². The van der Waals surface area contributed by atoms with Crippen LogP contribution in [0.1, 0.15) is 60.3 Å². The van der Waals surface area contributed by atoms with Gasteiger partial charge < -0.3 is 25.0 Å². The molecular weight excluding hydrogens is 735 g/mol.